The Morgan fingerprint density at radius 1 is 1.20 bits per heavy atom. The quantitative estimate of drug-likeness (QED) is 0.756. The maximum absolute atomic E-state index is 5.76. The molecule has 1 aliphatic rings. The van der Waals surface area contributed by atoms with E-state index in [1.165, 1.54) is 30.9 Å². The van der Waals surface area contributed by atoms with Crippen LogP contribution < -0.4 is 0 Å². The molecule has 2 rings (SSSR count). The Kier molecular flexibility index (Phi) is 6.26. The minimum Gasteiger partial charge on any atom is -0.382 e. The van der Waals surface area contributed by atoms with Gasteiger partial charge in [0.05, 0.1) is 9.52 Å². The van der Waals surface area contributed by atoms with Crippen molar-refractivity contribution in [3.05, 3.63) is 35.9 Å². The summed E-state index contributed by atoms with van der Waals surface area (Å²) < 4.78 is 5.76. The molecule has 15 heavy (non-hydrogen) atoms. The summed E-state index contributed by atoms with van der Waals surface area (Å²) in [5, 5.41) is 0. The van der Waals surface area contributed by atoms with Gasteiger partial charge in [-0.25, -0.2) is 0 Å². The van der Waals surface area contributed by atoms with Gasteiger partial charge >= 0.3 is 0 Å². The molecule has 1 aliphatic heterocycles. The fourth-order valence-corrected chi connectivity index (χ4v) is 3.91. The molecule has 3 heteroatoms. The SMILES string of the molecule is [Fe].c1ccc(C[SiH2]C2CCCCO2)cc1. The first kappa shape index (κ1) is 13.0. The molecule has 1 unspecified atom stereocenters. The van der Waals surface area contributed by atoms with Gasteiger partial charge in [-0.2, -0.15) is 0 Å². The number of rotatable bonds is 3. The van der Waals surface area contributed by atoms with Crippen LogP contribution >= 0.6 is 0 Å². The van der Waals surface area contributed by atoms with Crippen molar-refractivity contribution >= 4 is 9.52 Å². The zero-order chi connectivity index (χ0) is 9.64. The molecule has 0 aliphatic carbocycles. The number of benzene rings is 1. The molecule has 0 amide bonds. The summed E-state index contributed by atoms with van der Waals surface area (Å²) in [5.74, 6) is 0. The van der Waals surface area contributed by atoms with E-state index in [1.807, 2.05) is 0 Å². The normalized spacial score (nSPS) is 21.5. The first-order chi connectivity index (χ1) is 6.95. The smallest absolute Gasteiger partial charge is 0.0599 e. The summed E-state index contributed by atoms with van der Waals surface area (Å²) in [5.41, 5.74) is 2.15. The third kappa shape index (κ3) is 4.52. The minimum atomic E-state index is -0.0550. The van der Waals surface area contributed by atoms with E-state index in [1.54, 1.807) is 0 Å². The summed E-state index contributed by atoms with van der Waals surface area (Å²) in [4.78, 5) is 0. The third-order valence-corrected chi connectivity index (χ3v) is 5.03. The average molecular weight is 262 g/mol. The van der Waals surface area contributed by atoms with E-state index in [2.05, 4.69) is 30.3 Å². The van der Waals surface area contributed by atoms with Gasteiger partial charge in [0.15, 0.2) is 0 Å². The first-order valence-electron chi connectivity index (χ1n) is 5.61. The van der Waals surface area contributed by atoms with Crippen LogP contribution in [0, 0.1) is 0 Å². The van der Waals surface area contributed by atoms with Crippen LogP contribution in [0.25, 0.3) is 0 Å². The zero-order valence-electron chi connectivity index (χ0n) is 8.97. The molecule has 1 aromatic carbocycles. The van der Waals surface area contributed by atoms with Crippen molar-refractivity contribution in [1.29, 1.82) is 0 Å². The van der Waals surface area contributed by atoms with E-state index in [9.17, 15) is 0 Å². The molecule has 0 spiro atoms. The number of ether oxygens (including phenoxy) is 1. The topological polar surface area (TPSA) is 9.23 Å². The summed E-state index contributed by atoms with van der Waals surface area (Å²) in [6, 6.07) is 12.1. The van der Waals surface area contributed by atoms with Crippen LogP contribution in [-0.4, -0.2) is 21.9 Å². The molecule has 1 atom stereocenters. The van der Waals surface area contributed by atoms with E-state index in [-0.39, 0.29) is 26.6 Å². The molecule has 1 nitrogen and oxygen atoms in total. The molecular weight excluding hydrogens is 244 g/mol. The van der Waals surface area contributed by atoms with E-state index < -0.39 is 0 Å². The molecule has 0 bridgehead atoms. The minimum absolute atomic E-state index is 0. The van der Waals surface area contributed by atoms with Gasteiger partial charge in [0.25, 0.3) is 0 Å². The first-order valence-corrected chi connectivity index (χ1v) is 7.42. The largest absolute Gasteiger partial charge is 0.382 e. The zero-order valence-corrected chi connectivity index (χ0v) is 11.5. The molecule has 84 valence electrons. The van der Waals surface area contributed by atoms with Crippen molar-refractivity contribution in [2.75, 3.05) is 6.61 Å². The second kappa shape index (κ2) is 7.23. The van der Waals surface area contributed by atoms with Crippen molar-refractivity contribution in [3.63, 3.8) is 0 Å². The Morgan fingerprint density at radius 3 is 2.67 bits per heavy atom. The van der Waals surface area contributed by atoms with E-state index in [4.69, 9.17) is 4.74 Å². The van der Waals surface area contributed by atoms with Crippen LogP contribution in [0.5, 0.6) is 0 Å². The van der Waals surface area contributed by atoms with Gasteiger partial charge < -0.3 is 4.74 Å². The Balaban J connectivity index is 0.00000112. The van der Waals surface area contributed by atoms with Crippen molar-refractivity contribution in [2.45, 2.75) is 31.0 Å². The van der Waals surface area contributed by atoms with Crippen molar-refractivity contribution in [1.82, 2.24) is 0 Å². The van der Waals surface area contributed by atoms with Gasteiger partial charge in [0.1, 0.15) is 0 Å². The van der Waals surface area contributed by atoms with E-state index >= 15 is 0 Å². The van der Waals surface area contributed by atoms with E-state index in [0.717, 1.165) is 6.61 Å². The number of hydrogen-bond acceptors (Lipinski definition) is 1. The Bertz CT molecular complexity index is 260. The maximum atomic E-state index is 5.76. The molecule has 0 radical (unpaired) electrons. The number of hydrogen-bond donors (Lipinski definition) is 0. The van der Waals surface area contributed by atoms with Gasteiger partial charge in [-0.15, -0.1) is 0 Å². The summed E-state index contributed by atoms with van der Waals surface area (Å²) in [6.45, 7) is 1.01. The molecule has 1 saturated heterocycles. The molecule has 0 N–H and O–H groups in total. The van der Waals surface area contributed by atoms with Crippen LogP contribution in [0.3, 0.4) is 0 Å². The van der Waals surface area contributed by atoms with Crippen LogP contribution in [-0.2, 0) is 27.8 Å². The molecule has 1 fully saturated rings. The van der Waals surface area contributed by atoms with Crippen molar-refractivity contribution in [2.24, 2.45) is 0 Å². The van der Waals surface area contributed by atoms with Gasteiger partial charge in [0, 0.05) is 29.4 Å². The second-order valence-corrected chi connectivity index (χ2v) is 6.00. The van der Waals surface area contributed by atoms with Gasteiger partial charge in [-0.05, 0) is 25.3 Å². The second-order valence-electron chi connectivity index (χ2n) is 4.01. The summed E-state index contributed by atoms with van der Waals surface area (Å²) in [7, 11) is -0.0550. The van der Waals surface area contributed by atoms with Gasteiger partial charge in [0.2, 0.25) is 0 Å². The Labute approximate surface area is 105 Å². The molecular formula is C12H18FeOSi. The predicted molar refractivity (Wildman–Crippen MR) is 62.3 cm³/mol. The van der Waals surface area contributed by atoms with Crippen molar-refractivity contribution in [3.8, 4) is 0 Å². The van der Waals surface area contributed by atoms with Gasteiger partial charge in [-0.1, -0.05) is 35.9 Å². The van der Waals surface area contributed by atoms with Crippen molar-refractivity contribution < 1.29 is 21.8 Å². The third-order valence-electron chi connectivity index (χ3n) is 2.87. The fourth-order valence-electron chi connectivity index (χ4n) is 2.01. The van der Waals surface area contributed by atoms with Crippen LogP contribution in [0.4, 0.5) is 0 Å². The monoisotopic (exact) mass is 262 g/mol. The maximum Gasteiger partial charge on any atom is 0.0599 e. The Hall–Kier alpha value is -0.0836. The van der Waals surface area contributed by atoms with Crippen LogP contribution in [0.1, 0.15) is 24.8 Å². The molecule has 1 heterocycles. The molecule has 0 aromatic heterocycles. The van der Waals surface area contributed by atoms with Crippen LogP contribution in [0.15, 0.2) is 30.3 Å². The molecule has 0 saturated carbocycles. The average Bonchev–Trinajstić information content (AvgIpc) is 2.29. The molecule has 1 aromatic rings. The Morgan fingerprint density at radius 2 is 2.00 bits per heavy atom. The summed E-state index contributed by atoms with van der Waals surface area (Å²) in [6.07, 6.45) is 3.97. The fraction of sp³-hybridized carbons (Fsp3) is 0.500. The standard InChI is InChI=1S/C12H18OSi.Fe/c1-2-6-11(7-3-1)10-14-12-8-4-5-9-13-12;/h1-3,6-7,12H,4-5,8-10,14H2;. The van der Waals surface area contributed by atoms with Crippen LogP contribution in [0.2, 0.25) is 0 Å². The summed E-state index contributed by atoms with van der Waals surface area (Å²) >= 11 is 0. The van der Waals surface area contributed by atoms with Gasteiger partial charge in [-0.3, -0.25) is 0 Å². The predicted octanol–water partition coefficient (Wildman–Crippen LogP) is 1.88. The van der Waals surface area contributed by atoms with E-state index in [0.29, 0.717) is 5.73 Å².